The Hall–Kier alpha value is -3.45. The second kappa shape index (κ2) is 7.67. The molecule has 158 valence electrons. The number of fused-ring (bicyclic) bond motifs is 1. The third kappa shape index (κ3) is 3.84. The summed E-state index contributed by atoms with van der Waals surface area (Å²) in [6.07, 6.45) is 0. The van der Waals surface area contributed by atoms with Crippen LogP contribution in [0.2, 0.25) is 0 Å². The first-order chi connectivity index (χ1) is 14.7. The lowest BCUT2D eigenvalue weighted by Crippen LogP contribution is -2.30. The van der Waals surface area contributed by atoms with Crippen molar-refractivity contribution in [1.29, 1.82) is 0 Å². The summed E-state index contributed by atoms with van der Waals surface area (Å²) in [5, 5.41) is 0.953. The Labute approximate surface area is 181 Å². The van der Waals surface area contributed by atoms with E-state index in [1.807, 2.05) is 62.6 Å². The Bertz CT molecular complexity index is 1420. The number of hydrogen-bond donors (Lipinski definition) is 1. The molecule has 2 heterocycles. The molecule has 31 heavy (non-hydrogen) atoms. The monoisotopic (exact) mass is 433 g/mol. The van der Waals surface area contributed by atoms with Crippen molar-refractivity contribution in [2.45, 2.75) is 32.6 Å². The predicted molar refractivity (Wildman–Crippen MR) is 121 cm³/mol. The summed E-state index contributed by atoms with van der Waals surface area (Å²) in [7, 11) is -3.97. The summed E-state index contributed by atoms with van der Waals surface area (Å²) in [5.74, 6) is -0.657. The minimum atomic E-state index is -3.97. The first-order valence-electron chi connectivity index (χ1n) is 9.87. The third-order valence-corrected chi connectivity index (χ3v) is 6.64. The second-order valence-electron chi connectivity index (χ2n) is 7.67. The molecule has 0 atom stereocenters. The average molecular weight is 434 g/mol. The number of benzene rings is 2. The number of amides is 1. The van der Waals surface area contributed by atoms with Crippen molar-refractivity contribution < 1.29 is 13.2 Å². The van der Waals surface area contributed by atoms with E-state index in [0.717, 1.165) is 33.5 Å². The molecule has 0 unspecified atom stereocenters. The Balaban J connectivity index is 1.76. The third-order valence-electron chi connectivity index (χ3n) is 5.30. The molecule has 2 aromatic carbocycles. The predicted octanol–water partition coefficient (Wildman–Crippen LogP) is 4.38. The highest BCUT2D eigenvalue weighted by Gasteiger charge is 2.23. The van der Waals surface area contributed by atoms with Crippen LogP contribution in [0.15, 0.2) is 65.6 Å². The van der Waals surface area contributed by atoms with Crippen molar-refractivity contribution in [3.63, 3.8) is 0 Å². The number of nitrogens with zero attached hydrogens (tertiary/aromatic N) is 2. The molecule has 6 nitrogen and oxygen atoms in total. The second-order valence-corrected chi connectivity index (χ2v) is 9.35. The summed E-state index contributed by atoms with van der Waals surface area (Å²) in [5.41, 5.74) is 5.35. The molecule has 0 aliphatic carbocycles. The van der Waals surface area contributed by atoms with Crippen LogP contribution in [0.5, 0.6) is 0 Å². The van der Waals surface area contributed by atoms with Gasteiger partial charge in [0.15, 0.2) is 0 Å². The Morgan fingerprint density at radius 3 is 2.32 bits per heavy atom. The lowest BCUT2D eigenvalue weighted by molar-refractivity contribution is 0.0981. The number of para-hydroxylation sites is 1. The van der Waals surface area contributed by atoms with Crippen molar-refractivity contribution >= 4 is 26.8 Å². The maximum atomic E-state index is 12.9. The van der Waals surface area contributed by atoms with Gasteiger partial charge in [-0.1, -0.05) is 35.9 Å². The molecule has 0 aliphatic heterocycles. The Morgan fingerprint density at radius 2 is 1.61 bits per heavy atom. The van der Waals surface area contributed by atoms with Crippen molar-refractivity contribution in [2.24, 2.45) is 0 Å². The van der Waals surface area contributed by atoms with Crippen LogP contribution in [0.3, 0.4) is 0 Å². The number of sulfonamides is 1. The highest BCUT2D eigenvalue weighted by Crippen LogP contribution is 2.27. The minimum absolute atomic E-state index is 0.0519. The van der Waals surface area contributed by atoms with E-state index in [-0.39, 0.29) is 4.90 Å². The topological polar surface area (TPSA) is 81.1 Å². The molecule has 0 spiro atoms. The molecular weight excluding hydrogens is 410 g/mol. The van der Waals surface area contributed by atoms with Gasteiger partial charge in [0, 0.05) is 22.5 Å². The van der Waals surface area contributed by atoms with Gasteiger partial charge in [0.25, 0.3) is 15.9 Å². The van der Waals surface area contributed by atoms with Gasteiger partial charge in [-0.2, -0.15) is 0 Å². The lowest BCUT2D eigenvalue weighted by atomic mass is 10.1. The first kappa shape index (κ1) is 20.8. The zero-order valence-electron chi connectivity index (χ0n) is 17.8. The number of aromatic nitrogens is 2. The number of pyridine rings is 1. The van der Waals surface area contributed by atoms with Gasteiger partial charge in [0.1, 0.15) is 0 Å². The summed E-state index contributed by atoms with van der Waals surface area (Å²) < 4.78 is 29.5. The molecule has 1 amide bonds. The van der Waals surface area contributed by atoms with Crippen molar-refractivity contribution in [2.75, 3.05) is 0 Å². The fraction of sp³-hybridized carbons (Fsp3) is 0.167. The summed E-state index contributed by atoms with van der Waals surface area (Å²) in [4.78, 5) is 17.6. The zero-order valence-corrected chi connectivity index (χ0v) is 18.6. The van der Waals surface area contributed by atoms with Gasteiger partial charge >= 0.3 is 0 Å². The number of carbonyl (C=O) groups excluding carboxylic acids is 1. The van der Waals surface area contributed by atoms with Gasteiger partial charge in [0.2, 0.25) is 0 Å². The number of nitrogens with one attached hydrogen (secondary N) is 1. The van der Waals surface area contributed by atoms with Crippen molar-refractivity contribution in [1.82, 2.24) is 14.3 Å². The maximum Gasteiger partial charge on any atom is 0.266 e. The first-order valence-corrected chi connectivity index (χ1v) is 11.4. The zero-order chi connectivity index (χ0) is 22.3. The quantitative estimate of drug-likeness (QED) is 0.518. The van der Waals surface area contributed by atoms with Crippen molar-refractivity contribution in [3.8, 4) is 5.69 Å². The Morgan fingerprint density at radius 1 is 0.935 bits per heavy atom. The molecule has 0 fully saturated rings. The smallest absolute Gasteiger partial charge is 0.266 e. The van der Waals surface area contributed by atoms with E-state index < -0.39 is 15.9 Å². The van der Waals surface area contributed by atoms with E-state index in [4.69, 9.17) is 0 Å². The van der Waals surface area contributed by atoms with Crippen LogP contribution in [0.4, 0.5) is 0 Å². The van der Waals surface area contributed by atoms with Crippen LogP contribution in [0.1, 0.15) is 33.0 Å². The minimum Gasteiger partial charge on any atom is -0.317 e. The van der Waals surface area contributed by atoms with Crippen LogP contribution in [-0.2, 0) is 10.0 Å². The van der Waals surface area contributed by atoms with Crippen molar-refractivity contribution in [3.05, 3.63) is 88.9 Å². The van der Waals surface area contributed by atoms with E-state index in [1.54, 1.807) is 18.2 Å². The van der Waals surface area contributed by atoms with E-state index in [9.17, 15) is 13.2 Å². The lowest BCUT2D eigenvalue weighted by Gasteiger charge is -2.14. The van der Waals surface area contributed by atoms with Crippen LogP contribution in [0, 0.1) is 27.7 Å². The highest BCUT2D eigenvalue weighted by atomic mass is 32.2. The molecular formula is C24H23N3O3S. The van der Waals surface area contributed by atoms with E-state index in [1.165, 1.54) is 12.1 Å². The molecule has 7 heteroatoms. The standard InChI is InChI=1S/C24H23N3O3S/c1-15-9-11-19(12-10-15)31(29,30)26-24(28)21-14-17(3)27(18(21)4)23-13-16(2)25-22-8-6-5-7-20(22)23/h5-14H,1-4H3,(H,26,28). The highest BCUT2D eigenvalue weighted by molar-refractivity contribution is 7.90. The molecule has 0 bridgehead atoms. The van der Waals surface area contributed by atoms with Crippen LogP contribution in [-0.4, -0.2) is 23.9 Å². The molecule has 2 aromatic heterocycles. The van der Waals surface area contributed by atoms with Gasteiger partial charge in [-0.15, -0.1) is 0 Å². The molecule has 0 radical (unpaired) electrons. The number of rotatable bonds is 4. The molecule has 0 aliphatic rings. The van der Waals surface area contributed by atoms with Gasteiger partial charge in [0.05, 0.1) is 21.7 Å². The number of aryl methyl sites for hydroxylation is 3. The SMILES string of the molecule is Cc1ccc(S(=O)(=O)NC(=O)c2cc(C)n(-c3cc(C)nc4ccccc34)c2C)cc1. The van der Waals surface area contributed by atoms with Gasteiger partial charge in [-0.05, 0) is 58.0 Å². The molecule has 0 saturated heterocycles. The van der Waals surface area contributed by atoms with Gasteiger partial charge in [-0.3, -0.25) is 9.78 Å². The van der Waals surface area contributed by atoms with Gasteiger partial charge in [-0.25, -0.2) is 13.1 Å². The molecule has 0 saturated carbocycles. The number of carbonyl (C=O) groups is 1. The molecule has 1 N–H and O–H groups in total. The largest absolute Gasteiger partial charge is 0.317 e. The summed E-state index contributed by atoms with van der Waals surface area (Å²) in [6, 6.07) is 17.8. The molecule has 4 rings (SSSR count). The maximum absolute atomic E-state index is 12.9. The number of hydrogen-bond acceptors (Lipinski definition) is 4. The molecule has 4 aromatic rings. The fourth-order valence-electron chi connectivity index (χ4n) is 3.79. The summed E-state index contributed by atoms with van der Waals surface area (Å²) in [6.45, 7) is 7.49. The average Bonchev–Trinajstić information content (AvgIpc) is 3.01. The normalized spacial score (nSPS) is 11.6. The van der Waals surface area contributed by atoms with E-state index >= 15 is 0 Å². The Kier molecular flexibility index (Phi) is 5.15. The van der Waals surface area contributed by atoms with Crippen LogP contribution in [0.25, 0.3) is 16.6 Å². The van der Waals surface area contributed by atoms with E-state index in [2.05, 4.69) is 9.71 Å². The van der Waals surface area contributed by atoms with Crippen LogP contribution < -0.4 is 4.72 Å². The fourth-order valence-corrected chi connectivity index (χ4v) is 4.75. The van der Waals surface area contributed by atoms with Gasteiger partial charge < -0.3 is 4.57 Å². The van der Waals surface area contributed by atoms with E-state index in [0.29, 0.717) is 11.3 Å². The van der Waals surface area contributed by atoms with Crippen LogP contribution >= 0.6 is 0 Å². The summed E-state index contributed by atoms with van der Waals surface area (Å²) >= 11 is 0.